The van der Waals surface area contributed by atoms with Crippen molar-refractivity contribution in [1.29, 1.82) is 0 Å². The number of benzene rings is 1. The molecule has 2 atom stereocenters. The zero-order valence-corrected chi connectivity index (χ0v) is 16.6. The van der Waals surface area contributed by atoms with Crippen molar-refractivity contribution in [3.63, 3.8) is 0 Å². The summed E-state index contributed by atoms with van der Waals surface area (Å²) in [4.78, 5) is 16.6. The van der Waals surface area contributed by atoms with Crippen LogP contribution in [-0.4, -0.2) is 36.9 Å². The predicted molar refractivity (Wildman–Crippen MR) is 108 cm³/mol. The van der Waals surface area contributed by atoms with Gasteiger partial charge in [0.2, 0.25) is 0 Å². The highest BCUT2D eigenvalue weighted by atomic mass is 35.5. The number of carbonyl (C=O) groups is 1. The number of pyridine rings is 1. The molecule has 0 aliphatic heterocycles. The molecule has 1 aromatic carbocycles. The molecule has 3 rings (SSSR count). The molecule has 27 heavy (non-hydrogen) atoms. The Kier molecular flexibility index (Phi) is 6.01. The fourth-order valence-electron chi connectivity index (χ4n) is 3.26. The van der Waals surface area contributed by atoms with Gasteiger partial charge in [0.25, 0.3) is 5.91 Å². The van der Waals surface area contributed by atoms with Gasteiger partial charge < -0.3 is 10.6 Å². The van der Waals surface area contributed by atoms with Gasteiger partial charge in [0, 0.05) is 29.2 Å². The molecule has 1 saturated carbocycles. The summed E-state index contributed by atoms with van der Waals surface area (Å²) in [7, 11) is -3.02. The first-order chi connectivity index (χ1) is 12.8. The first kappa shape index (κ1) is 19.6. The van der Waals surface area contributed by atoms with Crippen molar-refractivity contribution in [1.82, 2.24) is 4.98 Å². The Morgan fingerprint density at radius 1 is 1.22 bits per heavy atom. The first-order valence-corrected chi connectivity index (χ1v) is 11.1. The third-order valence-corrected chi connectivity index (χ3v) is 6.57. The second kappa shape index (κ2) is 8.27. The van der Waals surface area contributed by atoms with Crippen LogP contribution in [0.1, 0.15) is 36.0 Å². The predicted octanol–water partition coefficient (Wildman–Crippen LogP) is 3.76. The number of anilines is 2. The molecule has 0 spiro atoms. The van der Waals surface area contributed by atoms with E-state index in [1.165, 1.54) is 12.5 Å². The van der Waals surface area contributed by atoms with Crippen LogP contribution in [0.5, 0.6) is 0 Å². The highest BCUT2D eigenvalue weighted by molar-refractivity contribution is 7.91. The van der Waals surface area contributed by atoms with Gasteiger partial charge in [-0.15, -0.1) is 0 Å². The summed E-state index contributed by atoms with van der Waals surface area (Å²) in [6.07, 6.45) is 5.87. The van der Waals surface area contributed by atoms with Crippen LogP contribution < -0.4 is 10.6 Å². The Morgan fingerprint density at radius 3 is 2.70 bits per heavy atom. The van der Waals surface area contributed by atoms with Crippen LogP contribution >= 0.6 is 11.6 Å². The van der Waals surface area contributed by atoms with Crippen molar-refractivity contribution in [3.8, 4) is 0 Å². The number of aromatic nitrogens is 1. The zero-order valence-electron chi connectivity index (χ0n) is 15.0. The van der Waals surface area contributed by atoms with Crippen LogP contribution in [-0.2, 0) is 9.84 Å². The van der Waals surface area contributed by atoms with E-state index in [0.717, 1.165) is 12.8 Å². The lowest BCUT2D eigenvalue weighted by molar-refractivity contribution is 0.102. The molecule has 2 unspecified atom stereocenters. The second-order valence-corrected chi connectivity index (χ2v) is 9.62. The molecule has 0 saturated heterocycles. The maximum atomic E-state index is 12.3. The van der Waals surface area contributed by atoms with E-state index in [1.54, 1.807) is 36.4 Å². The number of nitrogens with one attached hydrogen (secondary N) is 2. The number of hydrogen-bond donors (Lipinski definition) is 2. The van der Waals surface area contributed by atoms with Crippen LogP contribution in [0.3, 0.4) is 0 Å². The molecule has 1 heterocycles. The van der Waals surface area contributed by atoms with E-state index in [-0.39, 0.29) is 17.2 Å². The maximum Gasteiger partial charge on any atom is 0.257 e. The minimum absolute atomic E-state index is 0.0668. The molecular weight excluding hydrogens is 386 g/mol. The number of hydrogen-bond acceptors (Lipinski definition) is 5. The topological polar surface area (TPSA) is 88.2 Å². The average molecular weight is 408 g/mol. The van der Waals surface area contributed by atoms with Gasteiger partial charge in [0.05, 0.1) is 10.8 Å². The smallest absolute Gasteiger partial charge is 0.257 e. The van der Waals surface area contributed by atoms with Crippen molar-refractivity contribution >= 4 is 38.9 Å². The Bertz CT molecular complexity index is 916. The molecule has 144 valence electrons. The van der Waals surface area contributed by atoms with Gasteiger partial charge in [-0.3, -0.25) is 4.79 Å². The molecule has 2 aromatic rings. The van der Waals surface area contributed by atoms with E-state index >= 15 is 0 Å². The average Bonchev–Trinajstić information content (AvgIpc) is 2.62. The molecule has 6 nitrogen and oxygen atoms in total. The lowest BCUT2D eigenvalue weighted by Crippen LogP contribution is -2.34. The fraction of sp³-hybridized carbons (Fsp3) is 0.368. The van der Waals surface area contributed by atoms with E-state index in [1.807, 2.05) is 0 Å². The van der Waals surface area contributed by atoms with Crippen molar-refractivity contribution in [2.75, 3.05) is 16.9 Å². The number of nitrogens with zero attached hydrogens (tertiary/aromatic N) is 1. The molecule has 2 N–H and O–H groups in total. The van der Waals surface area contributed by atoms with E-state index in [9.17, 15) is 13.2 Å². The van der Waals surface area contributed by atoms with Crippen molar-refractivity contribution in [3.05, 3.63) is 53.2 Å². The number of carbonyl (C=O) groups excluding carboxylic acids is 1. The van der Waals surface area contributed by atoms with Crippen molar-refractivity contribution in [2.45, 2.75) is 37.0 Å². The van der Waals surface area contributed by atoms with Crippen LogP contribution in [0.15, 0.2) is 42.6 Å². The van der Waals surface area contributed by atoms with Gasteiger partial charge in [0.1, 0.15) is 15.7 Å². The summed E-state index contributed by atoms with van der Waals surface area (Å²) in [6, 6.07) is 10.4. The summed E-state index contributed by atoms with van der Waals surface area (Å²) < 4.78 is 23.6. The summed E-state index contributed by atoms with van der Waals surface area (Å²) in [5, 5.41) is 6.30. The van der Waals surface area contributed by atoms with Gasteiger partial charge in [-0.05, 0) is 49.6 Å². The second-order valence-electron chi connectivity index (χ2n) is 6.86. The van der Waals surface area contributed by atoms with E-state index in [0.29, 0.717) is 34.9 Å². The quantitative estimate of drug-likeness (QED) is 0.787. The molecule has 1 aliphatic carbocycles. The molecule has 0 radical (unpaired) electrons. The Morgan fingerprint density at radius 2 is 2.04 bits per heavy atom. The van der Waals surface area contributed by atoms with Crippen LogP contribution in [0, 0.1) is 0 Å². The minimum atomic E-state index is -3.02. The lowest BCUT2D eigenvalue weighted by atomic mass is 9.95. The SMILES string of the molecule is CS(=O)(=O)C1CCCC(Nc2ccc(C(=O)Nc3cccc(Cl)c3)cn2)C1. The third-order valence-electron chi connectivity index (χ3n) is 4.69. The molecule has 1 amide bonds. The number of sulfone groups is 1. The summed E-state index contributed by atoms with van der Waals surface area (Å²) >= 11 is 5.92. The fourth-order valence-corrected chi connectivity index (χ4v) is 4.62. The van der Waals surface area contributed by atoms with Crippen LogP contribution in [0.4, 0.5) is 11.5 Å². The summed E-state index contributed by atoms with van der Waals surface area (Å²) in [5.74, 6) is 0.361. The van der Waals surface area contributed by atoms with Crippen molar-refractivity contribution in [2.24, 2.45) is 0 Å². The molecule has 0 bridgehead atoms. The van der Waals surface area contributed by atoms with Crippen LogP contribution in [0.2, 0.25) is 5.02 Å². The molecule has 1 fully saturated rings. The monoisotopic (exact) mass is 407 g/mol. The molecular formula is C19H22ClN3O3S. The molecule has 1 aromatic heterocycles. The zero-order chi connectivity index (χ0) is 19.4. The largest absolute Gasteiger partial charge is 0.367 e. The van der Waals surface area contributed by atoms with Gasteiger partial charge in [-0.25, -0.2) is 13.4 Å². The lowest BCUT2D eigenvalue weighted by Gasteiger charge is -2.29. The van der Waals surface area contributed by atoms with Gasteiger partial charge in [-0.1, -0.05) is 24.1 Å². The van der Waals surface area contributed by atoms with Crippen LogP contribution in [0.25, 0.3) is 0 Å². The Hall–Kier alpha value is -2.12. The number of amides is 1. The minimum Gasteiger partial charge on any atom is -0.367 e. The molecule has 1 aliphatic rings. The van der Waals surface area contributed by atoms with E-state index in [4.69, 9.17) is 11.6 Å². The third kappa shape index (κ3) is 5.43. The number of halogens is 1. The summed E-state index contributed by atoms with van der Waals surface area (Å²) in [5.41, 5.74) is 1.04. The highest BCUT2D eigenvalue weighted by Crippen LogP contribution is 2.26. The normalized spacial score (nSPS) is 20.1. The summed E-state index contributed by atoms with van der Waals surface area (Å²) in [6.45, 7) is 0. The maximum absolute atomic E-state index is 12.3. The standard InChI is InChI=1S/C19H22ClN3O3S/c1-27(25,26)17-7-3-6-16(11-17)22-18-9-8-13(12-21-18)19(24)23-15-5-2-4-14(20)10-15/h2,4-5,8-10,12,16-17H,3,6-7,11H2,1H3,(H,21,22)(H,23,24). The Labute approximate surface area is 164 Å². The van der Waals surface area contributed by atoms with Gasteiger partial charge in [0.15, 0.2) is 0 Å². The van der Waals surface area contributed by atoms with Gasteiger partial charge in [-0.2, -0.15) is 0 Å². The number of rotatable bonds is 5. The Balaban J connectivity index is 1.61. The first-order valence-electron chi connectivity index (χ1n) is 8.79. The van der Waals surface area contributed by atoms with Gasteiger partial charge >= 0.3 is 0 Å². The van der Waals surface area contributed by atoms with E-state index in [2.05, 4.69) is 15.6 Å². The van der Waals surface area contributed by atoms with Crippen molar-refractivity contribution < 1.29 is 13.2 Å². The van der Waals surface area contributed by atoms with E-state index < -0.39 is 9.84 Å². The highest BCUT2D eigenvalue weighted by Gasteiger charge is 2.28. The molecule has 8 heteroatoms.